The average Bonchev–Trinajstić information content (AvgIpc) is 2.64. The van der Waals surface area contributed by atoms with E-state index < -0.39 is 0 Å². The van der Waals surface area contributed by atoms with Crippen molar-refractivity contribution in [1.29, 1.82) is 0 Å². The molecule has 1 aliphatic heterocycles. The summed E-state index contributed by atoms with van der Waals surface area (Å²) in [6.45, 7) is 2.86. The quantitative estimate of drug-likeness (QED) is 0.735. The van der Waals surface area contributed by atoms with Crippen LogP contribution in [0.3, 0.4) is 0 Å². The molecule has 1 fully saturated rings. The molecule has 6 heteroatoms. The van der Waals surface area contributed by atoms with Crippen molar-refractivity contribution in [2.45, 2.75) is 25.5 Å². The summed E-state index contributed by atoms with van der Waals surface area (Å²) in [5, 5.41) is 4.03. The summed E-state index contributed by atoms with van der Waals surface area (Å²) in [4.78, 5) is 4.03. The minimum Gasteiger partial charge on any atom is -0.376 e. The molecule has 2 unspecified atom stereocenters. The Morgan fingerprint density at radius 1 is 1.69 bits per heavy atom. The van der Waals surface area contributed by atoms with Crippen molar-refractivity contribution in [3.05, 3.63) is 0 Å². The first-order valence-electron chi connectivity index (χ1n) is 4.23. The number of anilines is 2. The summed E-state index contributed by atoms with van der Waals surface area (Å²) in [5.41, 5.74) is 5.40. The van der Waals surface area contributed by atoms with Crippen LogP contribution in [0.25, 0.3) is 0 Å². The second-order valence-electron chi connectivity index (χ2n) is 3.07. The van der Waals surface area contributed by atoms with Crippen LogP contribution in [0, 0.1) is 0 Å². The second kappa shape index (κ2) is 3.47. The van der Waals surface area contributed by atoms with Crippen molar-refractivity contribution in [3.63, 3.8) is 0 Å². The van der Waals surface area contributed by atoms with Crippen molar-refractivity contribution in [1.82, 2.24) is 9.36 Å². The Morgan fingerprint density at radius 2 is 2.54 bits per heavy atom. The Kier molecular flexibility index (Phi) is 2.32. The number of hydrogen-bond acceptors (Lipinski definition) is 6. The van der Waals surface area contributed by atoms with Gasteiger partial charge in [0.25, 0.3) is 0 Å². The Morgan fingerprint density at radius 3 is 3.08 bits per heavy atom. The molecular weight excluding hydrogens is 188 g/mol. The smallest absolute Gasteiger partial charge is 0.233 e. The standard InChI is InChI=1S/C7H12N4OS/c1-4-5(2-3-12-4)9-7-10-6(8)11-13-7/h4-5H,2-3H2,1H3,(H3,8,9,10,11). The van der Waals surface area contributed by atoms with Crippen LogP contribution >= 0.6 is 11.5 Å². The minimum absolute atomic E-state index is 0.241. The van der Waals surface area contributed by atoms with Gasteiger partial charge in [-0.2, -0.15) is 9.36 Å². The SMILES string of the molecule is CC1OCCC1Nc1nc(N)ns1. The minimum atomic E-state index is 0.241. The van der Waals surface area contributed by atoms with Crippen LogP contribution in [0.1, 0.15) is 13.3 Å². The normalized spacial score (nSPS) is 27.8. The molecule has 2 rings (SSSR count). The van der Waals surface area contributed by atoms with Gasteiger partial charge in [0.05, 0.1) is 12.1 Å². The fourth-order valence-corrected chi connectivity index (χ4v) is 1.93. The van der Waals surface area contributed by atoms with Crippen molar-refractivity contribution in [3.8, 4) is 0 Å². The number of nitrogens with one attached hydrogen (secondary N) is 1. The van der Waals surface area contributed by atoms with Gasteiger partial charge in [-0.1, -0.05) is 0 Å². The lowest BCUT2D eigenvalue weighted by Crippen LogP contribution is -2.26. The summed E-state index contributed by atoms with van der Waals surface area (Å²) in [6.07, 6.45) is 1.26. The molecule has 5 nitrogen and oxygen atoms in total. The van der Waals surface area contributed by atoms with Gasteiger partial charge in [0.1, 0.15) is 0 Å². The van der Waals surface area contributed by atoms with Crippen molar-refractivity contribution < 1.29 is 4.74 Å². The third-order valence-electron chi connectivity index (χ3n) is 2.13. The molecule has 0 radical (unpaired) electrons. The molecule has 2 heterocycles. The van der Waals surface area contributed by atoms with Crippen LogP contribution in [0.4, 0.5) is 11.1 Å². The molecule has 2 atom stereocenters. The summed E-state index contributed by atoms with van der Waals surface area (Å²) in [6, 6.07) is 0.340. The Labute approximate surface area is 80.5 Å². The highest BCUT2D eigenvalue weighted by Gasteiger charge is 2.24. The van der Waals surface area contributed by atoms with Gasteiger partial charge < -0.3 is 15.8 Å². The van der Waals surface area contributed by atoms with Crippen LogP contribution in [-0.4, -0.2) is 28.1 Å². The fraction of sp³-hybridized carbons (Fsp3) is 0.714. The van der Waals surface area contributed by atoms with Gasteiger partial charge >= 0.3 is 0 Å². The Bertz CT molecular complexity index is 290. The molecule has 1 aliphatic rings. The van der Waals surface area contributed by atoms with E-state index in [9.17, 15) is 0 Å². The molecular formula is C7H12N4OS. The molecule has 1 aromatic rings. The van der Waals surface area contributed by atoms with Crippen molar-refractivity contribution in [2.75, 3.05) is 17.7 Å². The lowest BCUT2D eigenvalue weighted by atomic mass is 10.2. The van der Waals surface area contributed by atoms with Gasteiger partial charge in [0, 0.05) is 18.1 Å². The van der Waals surface area contributed by atoms with Crippen molar-refractivity contribution >= 4 is 22.6 Å². The molecule has 1 aromatic heterocycles. The van der Waals surface area contributed by atoms with Gasteiger partial charge in [0.2, 0.25) is 11.1 Å². The molecule has 0 amide bonds. The first-order valence-corrected chi connectivity index (χ1v) is 5.00. The zero-order valence-electron chi connectivity index (χ0n) is 7.36. The largest absolute Gasteiger partial charge is 0.376 e. The fourth-order valence-electron chi connectivity index (χ4n) is 1.37. The number of nitrogens with zero attached hydrogens (tertiary/aromatic N) is 2. The van der Waals surface area contributed by atoms with Gasteiger partial charge in [-0.05, 0) is 13.3 Å². The van der Waals surface area contributed by atoms with E-state index in [0.29, 0.717) is 12.0 Å². The molecule has 72 valence electrons. The van der Waals surface area contributed by atoms with E-state index in [1.165, 1.54) is 11.5 Å². The van der Waals surface area contributed by atoms with Crippen LogP contribution in [0.2, 0.25) is 0 Å². The van der Waals surface area contributed by atoms with E-state index >= 15 is 0 Å². The van der Waals surface area contributed by atoms with Crippen LogP contribution in [0.5, 0.6) is 0 Å². The first kappa shape index (κ1) is 8.71. The van der Waals surface area contributed by atoms with E-state index in [0.717, 1.165) is 18.2 Å². The number of aromatic nitrogens is 2. The highest BCUT2D eigenvalue weighted by molar-refractivity contribution is 7.09. The predicted octanol–water partition coefficient (Wildman–Crippen LogP) is 0.710. The van der Waals surface area contributed by atoms with Gasteiger partial charge in [-0.15, -0.1) is 0 Å². The summed E-state index contributed by atoms with van der Waals surface area (Å²) in [7, 11) is 0. The van der Waals surface area contributed by atoms with Crippen molar-refractivity contribution in [2.24, 2.45) is 0 Å². The molecule has 0 aromatic carbocycles. The third-order valence-corrected chi connectivity index (χ3v) is 2.79. The Balaban J connectivity index is 1.97. The number of ether oxygens (including phenoxy) is 1. The maximum absolute atomic E-state index is 5.41. The summed E-state index contributed by atoms with van der Waals surface area (Å²) < 4.78 is 9.30. The molecule has 0 spiro atoms. The lowest BCUT2D eigenvalue weighted by Gasteiger charge is -2.14. The number of nitrogens with two attached hydrogens (primary N) is 1. The zero-order chi connectivity index (χ0) is 9.26. The molecule has 3 N–H and O–H groups in total. The molecule has 0 saturated carbocycles. The highest BCUT2D eigenvalue weighted by atomic mass is 32.1. The van der Waals surface area contributed by atoms with E-state index in [1.54, 1.807) is 0 Å². The second-order valence-corrected chi connectivity index (χ2v) is 3.82. The van der Waals surface area contributed by atoms with Gasteiger partial charge in [-0.3, -0.25) is 0 Å². The monoisotopic (exact) mass is 200 g/mol. The van der Waals surface area contributed by atoms with E-state index in [1.807, 2.05) is 0 Å². The van der Waals surface area contributed by atoms with E-state index in [-0.39, 0.29) is 6.10 Å². The summed E-state index contributed by atoms with van der Waals surface area (Å²) in [5.74, 6) is 0.332. The maximum Gasteiger partial charge on any atom is 0.233 e. The van der Waals surface area contributed by atoms with Crippen LogP contribution in [-0.2, 0) is 4.74 Å². The average molecular weight is 200 g/mol. The van der Waals surface area contributed by atoms with Gasteiger partial charge in [-0.25, -0.2) is 0 Å². The number of rotatable bonds is 2. The summed E-state index contributed by atoms with van der Waals surface area (Å²) >= 11 is 1.29. The highest BCUT2D eigenvalue weighted by Crippen LogP contribution is 2.20. The topological polar surface area (TPSA) is 73.1 Å². The maximum atomic E-state index is 5.41. The third kappa shape index (κ3) is 1.89. The molecule has 0 bridgehead atoms. The molecule has 0 aliphatic carbocycles. The number of nitrogen functional groups attached to an aromatic ring is 1. The van der Waals surface area contributed by atoms with Crippen LogP contribution in [0.15, 0.2) is 0 Å². The first-order chi connectivity index (χ1) is 6.25. The van der Waals surface area contributed by atoms with Crippen LogP contribution < -0.4 is 11.1 Å². The van der Waals surface area contributed by atoms with E-state index in [4.69, 9.17) is 10.5 Å². The zero-order valence-corrected chi connectivity index (χ0v) is 8.17. The van der Waals surface area contributed by atoms with E-state index in [2.05, 4.69) is 21.6 Å². The molecule has 1 saturated heterocycles. The lowest BCUT2D eigenvalue weighted by molar-refractivity contribution is 0.121. The predicted molar refractivity (Wildman–Crippen MR) is 51.8 cm³/mol. The van der Waals surface area contributed by atoms with Gasteiger partial charge in [0.15, 0.2) is 0 Å². The number of hydrogen-bond donors (Lipinski definition) is 2. The molecule has 13 heavy (non-hydrogen) atoms. The Hall–Kier alpha value is -0.880.